The fourth-order valence-electron chi connectivity index (χ4n) is 1.64. The lowest BCUT2D eigenvalue weighted by Gasteiger charge is -2.06. The molecule has 0 aromatic carbocycles. The maximum Gasteiger partial charge on any atom is 0.0483 e. The van der Waals surface area contributed by atoms with E-state index in [1.54, 1.807) is 0 Å². The highest BCUT2D eigenvalue weighted by Gasteiger charge is 1.99. The highest BCUT2D eigenvalue weighted by Crippen LogP contribution is 2.11. The molecular weight excluding hydrogens is 210 g/mol. The van der Waals surface area contributed by atoms with Crippen molar-refractivity contribution < 1.29 is 0 Å². The van der Waals surface area contributed by atoms with Crippen LogP contribution >= 0.6 is 0 Å². The minimum atomic E-state index is 0.780. The number of hydrogen-bond acceptors (Lipinski definition) is 3. The van der Waals surface area contributed by atoms with E-state index in [4.69, 9.17) is 0 Å². The first-order valence-electron chi connectivity index (χ1n) is 5.97. The minimum Gasteiger partial charge on any atom is -0.385 e. The van der Waals surface area contributed by atoms with Crippen LogP contribution < -0.4 is 5.32 Å². The Morgan fingerprint density at radius 1 is 1.06 bits per heavy atom. The lowest BCUT2D eigenvalue weighted by atomic mass is 10.2. The SMILES string of the molecule is CCCNc1ccnc(Cc2ccccn2)c1. The zero-order chi connectivity index (χ0) is 11.9. The number of nitrogens with zero attached hydrogens (tertiary/aromatic N) is 2. The molecule has 2 heterocycles. The Morgan fingerprint density at radius 2 is 1.94 bits per heavy atom. The Hall–Kier alpha value is -1.90. The molecule has 0 saturated carbocycles. The van der Waals surface area contributed by atoms with Gasteiger partial charge in [0.15, 0.2) is 0 Å². The molecule has 2 rings (SSSR count). The first-order chi connectivity index (χ1) is 8.38. The molecule has 0 aliphatic carbocycles. The summed E-state index contributed by atoms with van der Waals surface area (Å²) in [6.07, 6.45) is 5.56. The number of aromatic nitrogens is 2. The number of rotatable bonds is 5. The molecule has 0 radical (unpaired) electrons. The lowest BCUT2D eigenvalue weighted by molar-refractivity contribution is 0.970. The maximum absolute atomic E-state index is 4.36. The van der Waals surface area contributed by atoms with E-state index in [2.05, 4.69) is 28.3 Å². The highest BCUT2D eigenvalue weighted by atomic mass is 14.9. The van der Waals surface area contributed by atoms with Crippen LogP contribution in [0.5, 0.6) is 0 Å². The standard InChI is InChI=1S/C14H17N3/c1-2-7-15-13-6-9-17-14(11-13)10-12-5-3-4-8-16-12/h3-6,8-9,11H,2,7,10H2,1H3,(H,15,17). The van der Waals surface area contributed by atoms with E-state index in [-0.39, 0.29) is 0 Å². The fraction of sp³-hybridized carbons (Fsp3) is 0.286. The van der Waals surface area contributed by atoms with Crippen molar-refractivity contribution in [2.24, 2.45) is 0 Å². The first kappa shape index (κ1) is 11.6. The molecule has 1 N–H and O–H groups in total. The van der Waals surface area contributed by atoms with E-state index >= 15 is 0 Å². The predicted octanol–water partition coefficient (Wildman–Crippen LogP) is 2.89. The van der Waals surface area contributed by atoms with Crippen molar-refractivity contribution in [1.29, 1.82) is 0 Å². The third-order valence-corrected chi connectivity index (χ3v) is 2.48. The number of anilines is 1. The molecule has 2 aromatic rings. The zero-order valence-corrected chi connectivity index (χ0v) is 10.1. The van der Waals surface area contributed by atoms with E-state index in [0.717, 1.165) is 36.5 Å². The van der Waals surface area contributed by atoms with Crippen molar-refractivity contribution in [1.82, 2.24) is 9.97 Å². The summed E-state index contributed by atoms with van der Waals surface area (Å²) in [4.78, 5) is 8.67. The molecule has 17 heavy (non-hydrogen) atoms. The van der Waals surface area contributed by atoms with Crippen LogP contribution in [0.15, 0.2) is 42.7 Å². The summed E-state index contributed by atoms with van der Waals surface area (Å²) in [5.41, 5.74) is 3.23. The summed E-state index contributed by atoms with van der Waals surface area (Å²) in [7, 11) is 0. The Bertz CT molecular complexity index is 454. The summed E-state index contributed by atoms with van der Waals surface area (Å²) >= 11 is 0. The molecule has 3 heteroatoms. The number of pyridine rings is 2. The molecule has 0 amide bonds. The molecule has 0 aliphatic heterocycles. The van der Waals surface area contributed by atoms with Crippen LogP contribution in [-0.2, 0) is 6.42 Å². The fourth-order valence-corrected chi connectivity index (χ4v) is 1.64. The monoisotopic (exact) mass is 227 g/mol. The van der Waals surface area contributed by atoms with Crippen molar-refractivity contribution in [2.45, 2.75) is 19.8 Å². The summed E-state index contributed by atoms with van der Waals surface area (Å²) in [6.45, 7) is 3.15. The normalized spacial score (nSPS) is 10.2. The lowest BCUT2D eigenvalue weighted by Crippen LogP contribution is -2.01. The van der Waals surface area contributed by atoms with Crippen LogP contribution in [0.25, 0.3) is 0 Å². The van der Waals surface area contributed by atoms with Crippen molar-refractivity contribution >= 4 is 5.69 Å². The van der Waals surface area contributed by atoms with Gasteiger partial charge < -0.3 is 5.32 Å². The second kappa shape index (κ2) is 5.99. The van der Waals surface area contributed by atoms with Crippen LogP contribution in [-0.4, -0.2) is 16.5 Å². The molecule has 0 saturated heterocycles. The summed E-state index contributed by atoms with van der Waals surface area (Å²) in [6, 6.07) is 10.0. The third kappa shape index (κ3) is 3.55. The second-order valence-electron chi connectivity index (χ2n) is 3.96. The van der Waals surface area contributed by atoms with Crippen LogP contribution in [0.1, 0.15) is 24.7 Å². The van der Waals surface area contributed by atoms with Crippen LogP contribution in [0, 0.1) is 0 Å². The van der Waals surface area contributed by atoms with Crippen molar-refractivity contribution in [2.75, 3.05) is 11.9 Å². The minimum absolute atomic E-state index is 0.780. The molecule has 3 nitrogen and oxygen atoms in total. The average Bonchev–Trinajstić information content (AvgIpc) is 2.38. The van der Waals surface area contributed by atoms with Gasteiger partial charge in [-0.25, -0.2) is 0 Å². The molecule has 0 bridgehead atoms. The average molecular weight is 227 g/mol. The van der Waals surface area contributed by atoms with Crippen molar-refractivity contribution in [3.05, 3.63) is 54.1 Å². The van der Waals surface area contributed by atoms with Gasteiger partial charge in [0.1, 0.15) is 0 Å². The Balaban J connectivity index is 2.06. The highest BCUT2D eigenvalue weighted by molar-refractivity contribution is 5.43. The van der Waals surface area contributed by atoms with Crippen LogP contribution in [0.3, 0.4) is 0 Å². The Morgan fingerprint density at radius 3 is 2.71 bits per heavy atom. The second-order valence-corrected chi connectivity index (χ2v) is 3.96. The van der Waals surface area contributed by atoms with E-state index in [0.29, 0.717) is 0 Å². The maximum atomic E-state index is 4.36. The topological polar surface area (TPSA) is 37.8 Å². The van der Waals surface area contributed by atoms with Gasteiger partial charge in [-0.2, -0.15) is 0 Å². The van der Waals surface area contributed by atoms with Gasteiger partial charge >= 0.3 is 0 Å². The Kier molecular flexibility index (Phi) is 4.08. The number of nitrogens with one attached hydrogen (secondary N) is 1. The van der Waals surface area contributed by atoms with Gasteiger partial charge in [0, 0.05) is 42.4 Å². The molecule has 0 fully saturated rings. The van der Waals surface area contributed by atoms with Crippen molar-refractivity contribution in [3.63, 3.8) is 0 Å². The van der Waals surface area contributed by atoms with Gasteiger partial charge in [-0.15, -0.1) is 0 Å². The van der Waals surface area contributed by atoms with Gasteiger partial charge in [0.05, 0.1) is 0 Å². The molecule has 0 aliphatic rings. The third-order valence-electron chi connectivity index (χ3n) is 2.48. The van der Waals surface area contributed by atoms with Crippen LogP contribution in [0.2, 0.25) is 0 Å². The van der Waals surface area contributed by atoms with Gasteiger partial charge in [-0.1, -0.05) is 13.0 Å². The van der Waals surface area contributed by atoms with Gasteiger partial charge in [0.25, 0.3) is 0 Å². The molecule has 0 atom stereocenters. The summed E-state index contributed by atoms with van der Waals surface area (Å²) in [5, 5.41) is 3.36. The van der Waals surface area contributed by atoms with Crippen molar-refractivity contribution in [3.8, 4) is 0 Å². The molecule has 88 valence electrons. The quantitative estimate of drug-likeness (QED) is 0.853. The largest absolute Gasteiger partial charge is 0.385 e. The summed E-state index contributed by atoms with van der Waals surface area (Å²) in [5.74, 6) is 0. The van der Waals surface area contributed by atoms with Crippen LogP contribution in [0.4, 0.5) is 5.69 Å². The zero-order valence-electron chi connectivity index (χ0n) is 10.1. The molecule has 2 aromatic heterocycles. The van der Waals surface area contributed by atoms with E-state index in [1.807, 2.05) is 36.7 Å². The van der Waals surface area contributed by atoms with E-state index in [1.165, 1.54) is 0 Å². The predicted molar refractivity (Wildman–Crippen MR) is 70.1 cm³/mol. The smallest absolute Gasteiger partial charge is 0.0483 e. The number of hydrogen-bond donors (Lipinski definition) is 1. The van der Waals surface area contributed by atoms with E-state index < -0.39 is 0 Å². The van der Waals surface area contributed by atoms with Gasteiger partial charge in [-0.05, 0) is 30.7 Å². The first-order valence-corrected chi connectivity index (χ1v) is 5.97. The van der Waals surface area contributed by atoms with E-state index in [9.17, 15) is 0 Å². The molecule has 0 spiro atoms. The molecule has 0 unspecified atom stereocenters. The Labute approximate surface area is 102 Å². The molecular formula is C14H17N3. The van der Waals surface area contributed by atoms with Gasteiger partial charge in [0.2, 0.25) is 0 Å². The van der Waals surface area contributed by atoms with Gasteiger partial charge in [-0.3, -0.25) is 9.97 Å². The summed E-state index contributed by atoms with van der Waals surface area (Å²) < 4.78 is 0.